The van der Waals surface area contributed by atoms with Gasteiger partial charge in [0, 0.05) is 22.7 Å². The van der Waals surface area contributed by atoms with Gasteiger partial charge in [0.1, 0.15) is 0 Å². The molecule has 1 heterocycles. The minimum atomic E-state index is -2.93. The molecule has 0 amide bonds. The fourth-order valence-electron chi connectivity index (χ4n) is 1.13. The molecule has 1 aromatic heterocycles. The second kappa shape index (κ2) is 4.85. The van der Waals surface area contributed by atoms with Gasteiger partial charge >= 0.3 is 0 Å². The Kier molecular flexibility index (Phi) is 3.98. The predicted octanol–water partition coefficient (Wildman–Crippen LogP) is 1.99. The number of nitrogens with two attached hydrogens (primary N) is 1. The first-order chi connectivity index (χ1) is 6.98. The van der Waals surface area contributed by atoms with E-state index in [-0.39, 0.29) is 5.88 Å². The van der Waals surface area contributed by atoms with Crippen LogP contribution in [0.2, 0.25) is 0 Å². The Balaban J connectivity index is 2.97. The van der Waals surface area contributed by atoms with E-state index in [1.165, 1.54) is 13.3 Å². The summed E-state index contributed by atoms with van der Waals surface area (Å²) in [6.45, 7) is -0.692. The van der Waals surface area contributed by atoms with Gasteiger partial charge in [-0.25, -0.2) is 13.8 Å². The van der Waals surface area contributed by atoms with Gasteiger partial charge in [-0.05, 0) is 22.0 Å². The minimum absolute atomic E-state index is 0.200. The van der Waals surface area contributed by atoms with Crippen LogP contribution in [0.25, 0.3) is 0 Å². The number of rotatable bonds is 4. The molecular weight excluding hydrogens is 270 g/mol. The van der Waals surface area contributed by atoms with Crippen LogP contribution in [0.3, 0.4) is 0 Å². The summed E-state index contributed by atoms with van der Waals surface area (Å²) in [5.74, 6) is -2.73. The van der Waals surface area contributed by atoms with Gasteiger partial charge in [-0.3, -0.25) is 0 Å². The average Bonchev–Trinajstić information content (AvgIpc) is 2.18. The van der Waals surface area contributed by atoms with E-state index < -0.39 is 18.9 Å². The van der Waals surface area contributed by atoms with Crippen LogP contribution in [0.1, 0.15) is 5.56 Å². The normalized spacial score (nSPS) is 11.5. The number of aromatic nitrogens is 1. The lowest BCUT2D eigenvalue weighted by atomic mass is 10.1. The zero-order chi connectivity index (χ0) is 11.5. The topological polar surface area (TPSA) is 48.1 Å². The molecule has 1 rings (SSSR count). The molecule has 0 bridgehead atoms. The van der Waals surface area contributed by atoms with E-state index in [9.17, 15) is 8.78 Å². The molecule has 3 nitrogen and oxygen atoms in total. The van der Waals surface area contributed by atoms with Crippen LogP contribution in [0.5, 0.6) is 5.88 Å². The van der Waals surface area contributed by atoms with Crippen molar-refractivity contribution in [3.8, 4) is 5.88 Å². The quantitative estimate of drug-likeness (QED) is 0.918. The van der Waals surface area contributed by atoms with Crippen molar-refractivity contribution in [2.24, 2.45) is 5.73 Å². The molecule has 84 valence electrons. The van der Waals surface area contributed by atoms with E-state index in [0.29, 0.717) is 10.0 Å². The van der Waals surface area contributed by atoms with E-state index in [1.807, 2.05) is 0 Å². The fraction of sp³-hybridized carbons (Fsp3) is 0.444. The number of ether oxygens (including phenoxy) is 1. The van der Waals surface area contributed by atoms with Crippen LogP contribution in [0, 0.1) is 0 Å². The van der Waals surface area contributed by atoms with Gasteiger partial charge < -0.3 is 10.5 Å². The van der Waals surface area contributed by atoms with Crippen LogP contribution in [0.15, 0.2) is 16.7 Å². The Morgan fingerprint density at radius 2 is 2.27 bits per heavy atom. The highest BCUT2D eigenvalue weighted by Crippen LogP contribution is 2.26. The molecule has 0 saturated carbocycles. The van der Waals surface area contributed by atoms with E-state index in [2.05, 4.69) is 20.9 Å². The van der Waals surface area contributed by atoms with Crippen molar-refractivity contribution in [2.45, 2.75) is 12.3 Å². The van der Waals surface area contributed by atoms with Gasteiger partial charge in [0.05, 0.1) is 13.7 Å². The van der Waals surface area contributed by atoms with Gasteiger partial charge in [0.2, 0.25) is 5.88 Å². The third kappa shape index (κ3) is 3.39. The first kappa shape index (κ1) is 12.3. The van der Waals surface area contributed by atoms with Crippen LogP contribution in [-0.2, 0) is 6.42 Å². The Bertz CT molecular complexity index is 347. The lowest BCUT2D eigenvalue weighted by Crippen LogP contribution is -2.30. The number of methoxy groups -OCH3 is 1. The summed E-state index contributed by atoms with van der Waals surface area (Å²) in [6, 6.07) is 1.55. The van der Waals surface area contributed by atoms with Crippen molar-refractivity contribution >= 4 is 15.9 Å². The van der Waals surface area contributed by atoms with E-state index in [1.54, 1.807) is 6.07 Å². The number of pyridine rings is 1. The summed E-state index contributed by atoms with van der Waals surface area (Å²) in [5.41, 5.74) is 5.30. The summed E-state index contributed by atoms with van der Waals surface area (Å²) < 4.78 is 31.6. The van der Waals surface area contributed by atoms with Crippen LogP contribution in [0.4, 0.5) is 8.78 Å². The molecule has 0 radical (unpaired) electrons. The maximum absolute atomic E-state index is 13.1. The standard InChI is InChI=1S/C9H11BrF2N2O/c1-15-8-6(2-7(10)4-14-8)3-9(11,12)5-13/h2,4H,3,5,13H2,1H3. The highest BCUT2D eigenvalue weighted by atomic mass is 79.9. The Labute approximate surface area is 94.8 Å². The van der Waals surface area contributed by atoms with Crippen molar-refractivity contribution in [1.82, 2.24) is 4.98 Å². The summed E-state index contributed by atoms with van der Waals surface area (Å²) in [6.07, 6.45) is 1.02. The fourth-order valence-corrected chi connectivity index (χ4v) is 1.51. The lowest BCUT2D eigenvalue weighted by Gasteiger charge is -2.15. The zero-order valence-electron chi connectivity index (χ0n) is 8.14. The Morgan fingerprint density at radius 1 is 1.60 bits per heavy atom. The van der Waals surface area contributed by atoms with Gasteiger partial charge in [-0.1, -0.05) is 0 Å². The molecule has 0 fully saturated rings. The van der Waals surface area contributed by atoms with E-state index in [4.69, 9.17) is 10.5 Å². The summed E-state index contributed by atoms with van der Waals surface area (Å²) in [7, 11) is 1.39. The van der Waals surface area contributed by atoms with Crippen molar-refractivity contribution in [2.75, 3.05) is 13.7 Å². The number of hydrogen-bond donors (Lipinski definition) is 1. The van der Waals surface area contributed by atoms with Crippen molar-refractivity contribution in [1.29, 1.82) is 0 Å². The molecular formula is C9H11BrF2N2O. The lowest BCUT2D eigenvalue weighted by molar-refractivity contribution is 0.0108. The molecule has 0 spiro atoms. The van der Waals surface area contributed by atoms with Crippen LogP contribution >= 0.6 is 15.9 Å². The predicted molar refractivity (Wildman–Crippen MR) is 56.2 cm³/mol. The molecule has 0 atom stereocenters. The molecule has 6 heteroatoms. The first-order valence-electron chi connectivity index (χ1n) is 4.25. The highest BCUT2D eigenvalue weighted by molar-refractivity contribution is 9.10. The largest absolute Gasteiger partial charge is 0.481 e. The maximum Gasteiger partial charge on any atom is 0.264 e. The average molecular weight is 281 g/mol. The SMILES string of the molecule is COc1ncc(Br)cc1CC(F)(F)CN. The first-order valence-corrected chi connectivity index (χ1v) is 5.04. The van der Waals surface area contributed by atoms with E-state index in [0.717, 1.165) is 0 Å². The molecule has 0 unspecified atom stereocenters. The van der Waals surface area contributed by atoms with Gasteiger partial charge in [0.25, 0.3) is 5.92 Å². The highest BCUT2D eigenvalue weighted by Gasteiger charge is 2.29. The molecule has 0 aromatic carbocycles. The van der Waals surface area contributed by atoms with Gasteiger partial charge in [0.15, 0.2) is 0 Å². The second-order valence-corrected chi connectivity index (χ2v) is 3.97. The number of halogens is 3. The number of nitrogens with zero attached hydrogens (tertiary/aromatic N) is 1. The molecule has 0 aliphatic heterocycles. The summed E-state index contributed by atoms with van der Waals surface area (Å²) in [4.78, 5) is 3.87. The smallest absolute Gasteiger partial charge is 0.264 e. The third-order valence-electron chi connectivity index (χ3n) is 1.83. The Morgan fingerprint density at radius 3 is 2.80 bits per heavy atom. The molecule has 0 aliphatic rings. The maximum atomic E-state index is 13.1. The number of hydrogen-bond acceptors (Lipinski definition) is 3. The van der Waals surface area contributed by atoms with Crippen molar-refractivity contribution in [3.63, 3.8) is 0 Å². The zero-order valence-corrected chi connectivity index (χ0v) is 9.72. The second-order valence-electron chi connectivity index (χ2n) is 3.06. The van der Waals surface area contributed by atoms with Gasteiger partial charge in [-0.2, -0.15) is 0 Å². The molecule has 0 saturated heterocycles. The van der Waals surface area contributed by atoms with Crippen molar-refractivity contribution in [3.05, 3.63) is 22.3 Å². The molecule has 1 aromatic rings. The molecule has 2 N–H and O–H groups in total. The molecule has 0 aliphatic carbocycles. The van der Waals surface area contributed by atoms with Crippen molar-refractivity contribution < 1.29 is 13.5 Å². The number of alkyl halides is 2. The van der Waals surface area contributed by atoms with Crippen LogP contribution < -0.4 is 10.5 Å². The third-order valence-corrected chi connectivity index (χ3v) is 2.27. The summed E-state index contributed by atoms with van der Waals surface area (Å²) in [5, 5.41) is 0. The van der Waals surface area contributed by atoms with Gasteiger partial charge in [-0.15, -0.1) is 0 Å². The monoisotopic (exact) mass is 280 g/mol. The van der Waals surface area contributed by atoms with Crippen LogP contribution in [-0.4, -0.2) is 24.6 Å². The van der Waals surface area contributed by atoms with E-state index >= 15 is 0 Å². The molecule has 15 heavy (non-hydrogen) atoms. The minimum Gasteiger partial charge on any atom is -0.481 e. The Hall–Kier alpha value is -0.750. The summed E-state index contributed by atoms with van der Waals surface area (Å²) >= 11 is 3.16.